The van der Waals surface area contributed by atoms with Crippen LogP contribution < -0.4 is 5.56 Å². The van der Waals surface area contributed by atoms with Gasteiger partial charge in [-0.15, -0.1) is 10.2 Å². The van der Waals surface area contributed by atoms with Gasteiger partial charge >= 0.3 is 0 Å². The van der Waals surface area contributed by atoms with Gasteiger partial charge in [-0.3, -0.25) is 9.20 Å². The maximum absolute atomic E-state index is 13.1. The Labute approximate surface area is 132 Å². The van der Waals surface area contributed by atoms with Crippen molar-refractivity contribution in [3.8, 4) is 5.69 Å². The number of hydrogen-bond acceptors (Lipinski definition) is 3. The molecule has 0 radical (unpaired) electrons. The fourth-order valence-electron chi connectivity index (χ4n) is 3.15. The second-order valence-corrected chi connectivity index (χ2v) is 5.89. The van der Waals surface area contributed by atoms with E-state index in [1.165, 1.54) is 0 Å². The summed E-state index contributed by atoms with van der Waals surface area (Å²) in [6.07, 6.45) is 0. The van der Waals surface area contributed by atoms with Gasteiger partial charge in [0.15, 0.2) is 0 Å². The molecule has 5 nitrogen and oxygen atoms in total. The molecular weight excluding hydrogens is 288 g/mol. The largest absolute Gasteiger partial charge is 0.268 e. The molecule has 2 heterocycles. The van der Waals surface area contributed by atoms with E-state index in [4.69, 9.17) is 0 Å². The van der Waals surface area contributed by atoms with Gasteiger partial charge in [-0.1, -0.05) is 18.2 Å². The average Bonchev–Trinajstić information content (AvgIpc) is 2.88. The second-order valence-electron chi connectivity index (χ2n) is 5.89. The van der Waals surface area contributed by atoms with Crippen LogP contribution in [0.4, 0.5) is 0 Å². The van der Waals surface area contributed by atoms with E-state index in [2.05, 4.69) is 16.3 Å². The lowest BCUT2D eigenvalue weighted by Crippen LogP contribution is -2.22. The molecule has 0 N–H and O–H groups in total. The van der Waals surface area contributed by atoms with Crippen molar-refractivity contribution in [2.45, 2.75) is 20.8 Å². The molecule has 4 aromatic rings. The molecule has 4 rings (SSSR count). The van der Waals surface area contributed by atoms with Gasteiger partial charge in [-0.2, -0.15) is 0 Å². The van der Waals surface area contributed by atoms with E-state index < -0.39 is 0 Å². The van der Waals surface area contributed by atoms with E-state index in [1.54, 1.807) is 4.57 Å². The highest BCUT2D eigenvalue weighted by atomic mass is 16.1. The highest BCUT2D eigenvalue weighted by molar-refractivity contribution is 5.81. The van der Waals surface area contributed by atoms with E-state index in [0.29, 0.717) is 11.2 Å². The third-order valence-corrected chi connectivity index (χ3v) is 4.05. The van der Waals surface area contributed by atoms with E-state index in [1.807, 2.05) is 61.6 Å². The molecule has 0 unspecified atom stereocenters. The van der Waals surface area contributed by atoms with E-state index in [0.717, 1.165) is 28.2 Å². The molecule has 0 aliphatic carbocycles. The van der Waals surface area contributed by atoms with Crippen molar-refractivity contribution in [1.29, 1.82) is 0 Å². The molecule has 0 amide bonds. The van der Waals surface area contributed by atoms with Gasteiger partial charge in [0.2, 0.25) is 5.78 Å². The summed E-state index contributed by atoms with van der Waals surface area (Å²) in [6, 6.07) is 13.6. The van der Waals surface area contributed by atoms with E-state index in [-0.39, 0.29) is 5.56 Å². The van der Waals surface area contributed by atoms with Crippen LogP contribution in [0, 0.1) is 20.8 Å². The first-order valence-corrected chi connectivity index (χ1v) is 7.50. The number of benzene rings is 2. The lowest BCUT2D eigenvalue weighted by atomic mass is 10.1. The standard InChI is InChI=1S/C18H16N4O/c1-11-8-12(2)10-14(9-11)22-17(23)15-6-4-5-7-16(15)21-13(3)19-20-18(21)22/h4-10H,1-3H3. The van der Waals surface area contributed by atoms with Crippen LogP contribution in [0.1, 0.15) is 17.0 Å². The zero-order chi connectivity index (χ0) is 16.1. The molecule has 0 aliphatic heterocycles. The summed E-state index contributed by atoms with van der Waals surface area (Å²) in [5.74, 6) is 1.30. The van der Waals surface area contributed by atoms with Crippen LogP contribution in [0.25, 0.3) is 22.4 Å². The Morgan fingerprint density at radius 1 is 0.913 bits per heavy atom. The highest BCUT2D eigenvalue weighted by Gasteiger charge is 2.15. The summed E-state index contributed by atoms with van der Waals surface area (Å²) in [5, 5.41) is 9.07. The number of aromatic nitrogens is 4. The van der Waals surface area contributed by atoms with Crippen LogP contribution in [0.5, 0.6) is 0 Å². The molecule has 0 spiro atoms. The smallest absolute Gasteiger partial charge is 0.267 e. The van der Waals surface area contributed by atoms with Crippen LogP contribution in [-0.4, -0.2) is 19.2 Å². The summed E-state index contributed by atoms with van der Waals surface area (Å²) >= 11 is 0. The molecule has 0 bridgehead atoms. The first kappa shape index (κ1) is 13.7. The Hall–Kier alpha value is -2.95. The Kier molecular flexibility index (Phi) is 2.84. The zero-order valence-electron chi connectivity index (χ0n) is 13.2. The maximum Gasteiger partial charge on any atom is 0.267 e. The second kappa shape index (κ2) is 4.78. The molecule has 0 fully saturated rings. The minimum Gasteiger partial charge on any atom is -0.268 e. The molecule has 0 saturated carbocycles. The topological polar surface area (TPSA) is 52.2 Å². The van der Waals surface area contributed by atoms with Gasteiger partial charge in [-0.05, 0) is 56.2 Å². The molecular formula is C18H16N4O. The monoisotopic (exact) mass is 304 g/mol. The van der Waals surface area contributed by atoms with Crippen LogP contribution >= 0.6 is 0 Å². The Morgan fingerprint density at radius 3 is 2.35 bits per heavy atom. The predicted molar refractivity (Wildman–Crippen MR) is 90.3 cm³/mol. The normalized spacial score (nSPS) is 11.4. The van der Waals surface area contributed by atoms with Gasteiger partial charge in [0.25, 0.3) is 5.56 Å². The summed E-state index contributed by atoms with van der Waals surface area (Å²) in [7, 11) is 0. The van der Waals surface area contributed by atoms with Crippen molar-refractivity contribution in [3.63, 3.8) is 0 Å². The molecule has 0 atom stereocenters. The van der Waals surface area contributed by atoms with Crippen LogP contribution in [0.2, 0.25) is 0 Å². The predicted octanol–water partition coefficient (Wildman–Crippen LogP) is 2.96. The van der Waals surface area contributed by atoms with E-state index >= 15 is 0 Å². The third kappa shape index (κ3) is 1.97. The number of hydrogen-bond donors (Lipinski definition) is 0. The minimum absolute atomic E-state index is 0.0782. The molecule has 0 saturated heterocycles. The van der Waals surface area contributed by atoms with Gasteiger partial charge < -0.3 is 0 Å². The fourth-order valence-corrected chi connectivity index (χ4v) is 3.15. The van der Waals surface area contributed by atoms with Gasteiger partial charge in [0.1, 0.15) is 5.82 Å². The van der Waals surface area contributed by atoms with Gasteiger partial charge in [-0.25, -0.2) is 4.57 Å². The molecule has 2 aromatic heterocycles. The van der Waals surface area contributed by atoms with Crippen molar-refractivity contribution in [2.75, 3.05) is 0 Å². The fraction of sp³-hybridized carbons (Fsp3) is 0.167. The number of nitrogens with zero attached hydrogens (tertiary/aromatic N) is 4. The Morgan fingerprint density at radius 2 is 1.61 bits per heavy atom. The SMILES string of the molecule is Cc1cc(C)cc(-n2c(=O)c3ccccc3n3c(C)nnc23)c1. The maximum atomic E-state index is 13.1. The first-order chi connectivity index (χ1) is 11.1. The Bertz CT molecular complexity index is 1100. The number of para-hydroxylation sites is 1. The third-order valence-electron chi connectivity index (χ3n) is 4.05. The average molecular weight is 304 g/mol. The van der Waals surface area contributed by atoms with E-state index in [9.17, 15) is 4.79 Å². The lowest BCUT2D eigenvalue weighted by molar-refractivity contribution is 0.961. The van der Waals surface area contributed by atoms with Crippen molar-refractivity contribution >= 4 is 16.7 Å². The number of aryl methyl sites for hydroxylation is 3. The molecule has 23 heavy (non-hydrogen) atoms. The first-order valence-electron chi connectivity index (χ1n) is 7.50. The molecule has 114 valence electrons. The molecule has 2 aromatic carbocycles. The Balaban J connectivity index is 2.25. The van der Waals surface area contributed by atoms with Crippen LogP contribution in [0.15, 0.2) is 47.3 Å². The van der Waals surface area contributed by atoms with Gasteiger partial charge in [0.05, 0.1) is 16.6 Å². The van der Waals surface area contributed by atoms with Crippen molar-refractivity contribution in [3.05, 3.63) is 69.8 Å². The summed E-state index contributed by atoms with van der Waals surface area (Å²) < 4.78 is 3.57. The quantitative estimate of drug-likeness (QED) is 0.543. The zero-order valence-corrected chi connectivity index (χ0v) is 13.2. The van der Waals surface area contributed by atoms with Crippen molar-refractivity contribution in [1.82, 2.24) is 19.2 Å². The minimum atomic E-state index is -0.0782. The summed E-state index contributed by atoms with van der Waals surface area (Å²) in [6.45, 7) is 5.94. The molecule has 0 aliphatic rings. The van der Waals surface area contributed by atoms with Crippen LogP contribution in [0.3, 0.4) is 0 Å². The lowest BCUT2D eigenvalue weighted by Gasteiger charge is -2.12. The van der Waals surface area contributed by atoms with Crippen molar-refractivity contribution < 1.29 is 0 Å². The summed E-state index contributed by atoms with van der Waals surface area (Å²) in [5.41, 5.74) is 3.78. The van der Waals surface area contributed by atoms with Crippen molar-refractivity contribution in [2.24, 2.45) is 0 Å². The summed E-state index contributed by atoms with van der Waals surface area (Å²) in [4.78, 5) is 13.1. The number of rotatable bonds is 1. The molecule has 5 heteroatoms. The van der Waals surface area contributed by atoms with Crippen LogP contribution in [-0.2, 0) is 0 Å². The number of fused-ring (bicyclic) bond motifs is 3. The van der Waals surface area contributed by atoms with Gasteiger partial charge in [0, 0.05) is 0 Å². The highest BCUT2D eigenvalue weighted by Crippen LogP contribution is 2.19.